The van der Waals surface area contributed by atoms with Gasteiger partial charge in [0, 0.05) is 8.99 Å². The number of esters is 1. The van der Waals surface area contributed by atoms with E-state index < -0.39 is 0 Å². The molecule has 5 aliphatic carbocycles. The second kappa shape index (κ2) is 10.0. The van der Waals surface area contributed by atoms with Crippen LogP contribution < -0.4 is 0 Å². The van der Waals surface area contributed by atoms with Gasteiger partial charge in [0.1, 0.15) is 0 Å². The van der Waals surface area contributed by atoms with Crippen molar-refractivity contribution in [2.75, 3.05) is 7.11 Å². The Balaban J connectivity index is 1.42. The van der Waals surface area contributed by atoms with Crippen LogP contribution in [0.2, 0.25) is 0 Å². The monoisotopic (exact) mass is 682 g/mol. The van der Waals surface area contributed by atoms with Crippen LogP contribution in [0.3, 0.4) is 0 Å². The molecule has 0 N–H and O–H groups in total. The molecular formula is C38H51IO3. The molecule has 1 aromatic rings. The Kier molecular flexibility index (Phi) is 7.31. The lowest BCUT2D eigenvalue weighted by atomic mass is 9.32. The molecular weight excluding hydrogens is 631 g/mol. The van der Waals surface area contributed by atoms with Crippen LogP contribution in [-0.4, -0.2) is 18.9 Å². The van der Waals surface area contributed by atoms with Gasteiger partial charge in [-0.2, -0.15) is 0 Å². The van der Waals surface area contributed by atoms with E-state index >= 15 is 0 Å². The quantitative estimate of drug-likeness (QED) is 0.138. The van der Waals surface area contributed by atoms with Crippen LogP contribution in [0.15, 0.2) is 42.0 Å². The maximum Gasteiger partial charge on any atom is 0.312 e. The summed E-state index contributed by atoms with van der Waals surface area (Å²) in [6, 6.07) is 8.53. The summed E-state index contributed by atoms with van der Waals surface area (Å²) in [4.78, 5) is 27.6. The van der Waals surface area contributed by atoms with E-state index in [-0.39, 0.29) is 33.0 Å². The molecule has 0 aliphatic heterocycles. The number of hydrogen-bond donors (Lipinski definition) is 0. The molecule has 0 bridgehead atoms. The Morgan fingerprint density at radius 1 is 0.976 bits per heavy atom. The Hall–Kier alpha value is -1.43. The third-order valence-corrected chi connectivity index (χ3v) is 15.1. The summed E-state index contributed by atoms with van der Waals surface area (Å²) >= 11 is 2.36. The summed E-state index contributed by atoms with van der Waals surface area (Å²) in [5.74, 6) is 2.53. The molecule has 6 rings (SSSR count). The number of Topliss-reactive ketones (excluding diaryl/α,β-unsaturated/α-hetero) is 1. The Morgan fingerprint density at radius 2 is 1.71 bits per heavy atom. The number of fused-ring (bicyclic) bond motifs is 7. The first-order chi connectivity index (χ1) is 19.7. The van der Waals surface area contributed by atoms with Crippen molar-refractivity contribution >= 4 is 40.4 Å². The van der Waals surface area contributed by atoms with Crippen LogP contribution in [0.5, 0.6) is 0 Å². The summed E-state index contributed by atoms with van der Waals surface area (Å²) in [7, 11) is 1.59. The highest BCUT2D eigenvalue weighted by Gasteiger charge is 2.72. The Bertz CT molecular complexity index is 1360. The average Bonchev–Trinajstić information content (AvgIpc) is 3.33. The van der Waals surface area contributed by atoms with Crippen molar-refractivity contribution in [1.82, 2.24) is 0 Å². The molecule has 0 radical (unpaired) electrons. The van der Waals surface area contributed by atoms with Crippen molar-refractivity contribution in [1.29, 1.82) is 0 Å². The van der Waals surface area contributed by atoms with Gasteiger partial charge in [0.25, 0.3) is 0 Å². The van der Waals surface area contributed by atoms with E-state index in [1.165, 1.54) is 22.0 Å². The van der Waals surface area contributed by atoms with Crippen molar-refractivity contribution in [2.24, 2.45) is 56.7 Å². The van der Waals surface area contributed by atoms with Crippen molar-refractivity contribution in [3.05, 3.63) is 51.1 Å². The highest BCUT2D eigenvalue weighted by molar-refractivity contribution is 14.1. The van der Waals surface area contributed by atoms with Gasteiger partial charge in [-0.15, -0.1) is 0 Å². The van der Waals surface area contributed by atoms with Crippen molar-refractivity contribution < 1.29 is 14.3 Å². The van der Waals surface area contributed by atoms with Gasteiger partial charge in [-0.3, -0.25) is 9.59 Å². The predicted octanol–water partition coefficient (Wildman–Crippen LogP) is 9.68. The largest absolute Gasteiger partial charge is 0.469 e. The number of ketones is 1. The number of carbonyl (C=O) groups is 2. The lowest BCUT2D eigenvalue weighted by Gasteiger charge is -2.72. The summed E-state index contributed by atoms with van der Waals surface area (Å²) < 4.78 is 6.75. The van der Waals surface area contributed by atoms with Crippen LogP contribution in [0.4, 0.5) is 0 Å². The molecule has 0 saturated heterocycles. The van der Waals surface area contributed by atoms with Crippen LogP contribution in [-0.2, 0) is 14.3 Å². The molecule has 0 spiro atoms. The fourth-order valence-corrected chi connectivity index (χ4v) is 13.0. The summed E-state index contributed by atoms with van der Waals surface area (Å²) in [5.41, 5.74) is 3.05. The van der Waals surface area contributed by atoms with Gasteiger partial charge in [-0.1, -0.05) is 58.9 Å². The van der Waals surface area contributed by atoms with Crippen LogP contribution in [0, 0.1) is 60.2 Å². The minimum absolute atomic E-state index is 0.0270. The van der Waals surface area contributed by atoms with Gasteiger partial charge in [0.05, 0.1) is 12.5 Å². The number of allylic oxidation sites excluding steroid dienone is 2. The van der Waals surface area contributed by atoms with Crippen molar-refractivity contribution in [2.45, 2.75) is 99.3 Å². The van der Waals surface area contributed by atoms with E-state index in [1.807, 2.05) is 0 Å². The summed E-state index contributed by atoms with van der Waals surface area (Å²) in [6.45, 7) is 18.9. The second-order valence-corrected chi connectivity index (χ2v) is 17.5. The molecule has 0 aromatic heterocycles. The highest BCUT2D eigenvalue weighted by Crippen LogP contribution is 2.77. The SMILES string of the molecule is C=C(C)[C@@H]1CCC2(C(=O)OC)CC[C@]3(C)C(CCC4[C@@]5(C)C/C(=C\c6cccc(I)c6)C(=O)C(C)(C)C5CC[C@]43C)C12. The number of halogens is 1. The fourth-order valence-electron chi connectivity index (χ4n) is 12.5. The molecule has 9 atom stereocenters. The first kappa shape index (κ1) is 30.6. The smallest absolute Gasteiger partial charge is 0.312 e. The molecule has 5 fully saturated rings. The number of rotatable bonds is 3. The maximum atomic E-state index is 14.1. The van der Waals surface area contributed by atoms with E-state index in [0.29, 0.717) is 35.4 Å². The lowest BCUT2D eigenvalue weighted by Crippen LogP contribution is -2.67. The number of benzene rings is 1. The van der Waals surface area contributed by atoms with Crippen molar-refractivity contribution in [3.8, 4) is 0 Å². The molecule has 228 valence electrons. The molecule has 5 unspecified atom stereocenters. The Labute approximate surface area is 267 Å². The molecule has 4 heteroatoms. The molecule has 5 saturated carbocycles. The summed E-state index contributed by atoms with van der Waals surface area (Å²) in [5, 5.41) is 0. The lowest BCUT2D eigenvalue weighted by molar-refractivity contribution is -0.232. The van der Waals surface area contributed by atoms with Gasteiger partial charge >= 0.3 is 5.97 Å². The van der Waals surface area contributed by atoms with Gasteiger partial charge < -0.3 is 4.74 Å². The maximum absolute atomic E-state index is 14.1. The topological polar surface area (TPSA) is 43.4 Å². The Morgan fingerprint density at radius 3 is 2.38 bits per heavy atom. The van der Waals surface area contributed by atoms with E-state index in [9.17, 15) is 9.59 Å². The van der Waals surface area contributed by atoms with E-state index in [4.69, 9.17) is 4.74 Å². The third-order valence-electron chi connectivity index (χ3n) is 14.4. The number of methoxy groups -OCH3 is 1. The minimum Gasteiger partial charge on any atom is -0.469 e. The molecule has 0 amide bonds. The number of ether oxygens (including phenoxy) is 1. The first-order valence-corrected chi connectivity index (χ1v) is 17.5. The van der Waals surface area contributed by atoms with E-state index in [2.05, 4.69) is 101 Å². The van der Waals surface area contributed by atoms with E-state index in [0.717, 1.165) is 56.1 Å². The summed E-state index contributed by atoms with van der Waals surface area (Å²) in [6.07, 6.45) is 11.7. The number of carbonyl (C=O) groups excluding carboxylic acids is 2. The molecule has 3 nitrogen and oxygen atoms in total. The molecule has 42 heavy (non-hydrogen) atoms. The minimum atomic E-state index is -0.372. The zero-order valence-corrected chi connectivity index (χ0v) is 29.1. The third kappa shape index (κ3) is 4.01. The normalized spacial score (nSPS) is 44.9. The van der Waals surface area contributed by atoms with Gasteiger partial charge in [-0.25, -0.2) is 0 Å². The molecule has 0 heterocycles. The zero-order chi connectivity index (χ0) is 30.5. The van der Waals surface area contributed by atoms with Crippen molar-refractivity contribution in [3.63, 3.8) is 0 Å². The first-order valence-electron chi connectivity index (χ1n) is 16.4. The molecule has 5 aliphatic rings. The van der Waals surface area contributed by atoms with E-state index in [1.54, 1.807) is 7.11 Å². The van der Waals surface area contributed by atoms with Crippen LogP contribution in [0.25, 0.3) is 6.08 Å². The second-order valence-electron chi connectivity index (χ2n) is 16.3. The average molecular weight is 683 g/mol. The predicted molar refractivity (Wildman–Crippen MR) is 179 cm³/mol. The standard InChI is InChI=1S/C38H51IO3/c1-23(2)27-14-17-38(33(41)42-8)19-18-36(6)28(31(27)38)12-13-30-35(5)22-25(20-24-10-9-11-26(39)21-24)32(40)34(3,4)29(35)15-16-37(30,36)7/h9-11,20-21,27-31H,1,12-19,22H2,2-8H3/b25-20+/t27-,28?,29?,30?,31?,35-,36+,37+,38?/m0/s1. The van der Waals surface area contributed by atoms with Crippen LogP contribution in [0.1, 0.15) is 105 Å². The van der Waals surface area contributed by atoms with Crippen LogP contribution >= 0.6 is 22.6 Å². The number of hydrogen-bond acceptors (Lipinski definition) is 3. The fraction of sp³-hybridized carbons (Fsp3) is 0.684. The highest BCUT2D eigenvalue weighted by atomic mass is 127. The molecule has 1 aromatic carbocycles. The zero-order valence-electron chi connectivity index (χ0n) is 26.9. The van der Waals surface area contributed by atoms with Gasteiger partial charge in [0.2, 0.25) is 0 Å². The van der Waals surface area contributed by atoms with Gasteiger partial charge in [0.15, 0.2) is 5.78 Å². The van der Waals surface area contributed by atoms with Gasteiger partial charge in [-0.05, 0) is 162 Å².